The first-order valence-electron chi connectivity index (χ1n) is 5.64. The van der Waals surface area contributed by atoms with E-state index in [1.807, 2.05) is 0 Å². The van der Waals surface area contributed by atoms with Crippen molar-refractivity contribution < 1.29 is 9.90 Å². The van der Waals surface area contributed by atoms with Crippen molar-refractivity contribution in [1.29, 1.82) is 0 Å². The van der Waals surface area contributed by atoms with E-state index in [2.05, 4.69) is 11.8 Å². The Morgan fingerprint density at radius 1 is 1.36 bits per heavy atom. The molecule has 0 unspecified atom stereocenters. The van der Waals surface area contributed by atoms with Crippen molar-refractivity contribution >= 4 is 5.97 Å². The minimum atomic E-state index is -0.664. The molecule has 0 heterocycles. The fraction of sp³-hybridized carbons (Fsp3) is 0.909. The molecule has 0 spiro atoms. The van der Waals surface area contributed by atoms with Crippen molar-refractivity contribution in [3.05, 3.63) is 0 Å². The molecule has 2 rings (SSSR count). The fourth-order valence-corrected chi connectivity index (χ4v) is 2.42. The van der Waals surface area contributed by atoms with E-state index in [4.69, 9.17) is 5.11 Å². The number of aliphatic carboxylic acids is 1. The van der Waals surface area contributed by atoms with E-state index in [1.165, 1.54) is 25.7 Å². The van der Waals surface area contributed by atoms with E-state index in [0.29, 0.717) is 18.5 Å². The highest BCUT2D eigenvalue weighted by atomic mass is 16.4. The maximum absolute atomic E-state index is 10.5. The maximum Gasteiger partial charge on any atom is 0.304 e. The van der Waals surface area contributed by atoms with Gasteiger partial charge in [0.1, 0.15) is 0 Å². The predicted octanol–water partition coefficient (Wildman–Crippen LogP) is 1.72. The van der Waals surface area contributed by atoms with Gasteiger partial charge in [0.2, 0.25) is 0 Å². The van der Waals surface area contributed by atoms with Crippen molar-refractivity contribution in [3.8, 4) is 0 Å². The topological polar surface area (TPSA) is 40.5 Å². The number of hydrogen-bond donors (Lipinski definition) is 1. The Balaban J connectivity index is 1.79. The molecule has 2 aliphatic carbocycles. The minimum absolute atomic E-state index is 0.307. The van der Waals surface area contributed by atoms with Gasteiger partial charge in [0.05, 0.1) is 6.42 Å². The molecule has 3 heteroatoms. The second-order valence-electron chi connectivity index (χ2n) is 4.84. The van der Waals surface area contributed by atoms with E-state index in [9.17, 15) is 4.79 Å². The Morgan fingerprint density at radius 3 is 2.43 bits per heavy atom. The fourth-order valence-electron chi connectivity index (χ4n) is 2.42. The van der Waals surface area contributed by atoms with E-state index < -0.39 is 5.97 Å². The first-order valence-corrected chi connectivity index (χ1v) is 5.64. The molecule has 14 heavy (non-hydrogen) atoms. The summed E-state index contributed by atoms with van der Waals surface area (Å²) in [4.78, 5) is 13.0. The smallest absolute Gasteiger partial charge is 0.304 e. The monoisotopic (exact) mass is 197 g/mol. The van der Waals surface area contributed by atoms with Gasteiger partial charge >= 0.3 is 5.97 Å². The molecule has 0 aromatic rings. The standard InChI is InChI=1S/C11H19NO2/c1-8-6-10(7-8)12(9-2-3-9)5-4-11(13)14/h8-10H,2-7H2,1H3,(H,13,14). The largest absolute Gasteiger partial charge is 0.481 e. The number of hydrogen-bond acceptors (Lipinski definition) is 2. The second kappa shape index (κ2) is 3.89. The van der Waals surface area contributed by atoms with E-state index in [0.717, 1.165) is 12.5 Å². The van der Waals surface area contributed by atoms with Crippen molar-refractivity contribution in [2.45, 2.75) is 51.1 Å². The van der Waals surface area contributed by atoms with E-state index in [-0.39, 0.29) is 0 Å². The van der Waals surface area contributed by atoms with Crippen LogP contribution in [-0.2, 0) is 4.79 Å². The number of carboxylic acids is 1. The Kier molecular flexibility index (Phi) is 2.77. The molecule has 2 saturated carbocycles. The van der Waals surface area contributed by atoms with E-state index >= 15 is 0 Å². The summed E-state index contributed by atoms with van der Waals surface area (Å²) in [5.74, 6) is 0.189. The summed E-state index contributed by atoms with van der Waals surface area (Å²) in [7, 11) is 0. The van der Waals surface area contributed by atoms with Gasteiger partial charge < -0.3 is 5.11 Å². The van der Waals surface area contributed by atoms with Crippen LogP contribution in [0.3, 0.4) is 0 Å². The highest BCUT2D eigenvalue weighted by molar-refractivity contribution is 5.66. The average molecular weight is 197 g/mol. The Labute approximate surface area is 85.1 Å². The molecule has 0 aromatic heterocycles. The lowest BCUT2D eigenvalue weighted by Gasteiger charge is -2.41. The van der Waals surface area contributed by atoms with Crippen LogP contribution in [0.15, 0.2) is 0 Å². The van der Waals surface area contributed by atoms with Gasteiger partial charge in [-0.05, 0) is 31.6 Å². The number of rotatable bonds is 5. The van der Waals surface area contributed by atoms with Crippen LogP contribution in [0, 0.1) is 5.92 Å². The average Bonchev–Trinajstić information content (AvgIpc) is 2.84. The van der Waals surface area contributed by atoms with Gasteiger partial charge in [0.25, 0.3) is 0 Å². The Morgan fingerprint density at radius 2 is 2.00 bits per heavy atom. The molecule has 0 aliphatic heterocycles. The summed E-state index contributed by atoms with van der Waals surface area (Å²) in [5, 5.41) is 8.66. The predicted molar refractivity (Wildman–Crippen MR) is 54.2 cm³/mol. The normalized spacial score (nSPS) is 31.6. The van der Waals surface area contributed by atoms with Gasteiger partial charge in [0, 0.05) is 18.6 Å². The zero-order chi connectivity index (χ0) is 10.1. The van der Waals surface area contributed by atoms with Gasteiger partial charge in [-0.25, -0.2) is 0 Å². The molecule has 0 saturated heterocycles. The van der Waals surface area contributed by atoms with E-state index in [1.54, 1.807) is 0 Å². The highest BCUT2D eigenvalue weighted by Crippen LogP contribution is 2.38. The lowest BCUT2D eigenvalue weighted by atomic mass is 9.80. The van der Waals surface area contributed by atoms with Crippen LogP contribution in [0.2, 0.25) is 0 Å². The molecule has 0 amide bonds. The molecule has 0 bridgehead atoms. The minimum Gasteiger partial charge on any atom is -0.481 e. The quantitative estimate of drug-likeness (QED) is 0.729. The molecule has 2 fully saturated rings. The third-order valence-corrected chi connectivity index (χ3v) is 3.42. The van der Waals surface area contributed by atoms with Crippen LogP contribution in [0.25, 0.3) is 0 Å². The summed E-state index contributed by atoms with van der Waals surface area (Å²) in [5.41, 5.74) is 0. The van der Waals surface area contributed by atoms with Crippen LogP contribution >= 0.6 is 0 Å². The van der Waals surface area contributed by atoms with Crippen LogP contribution in [0.1, 0.15) is 39.0 Å². The number of nitrogens with zero attached hydrogens (tertiary/aromatic N) is 1. The summed E-state index contributed by atoms with van der Waals surface area (Å²) in [6.45, 7) is 3.04. The molecular weight excluding hydrogens is 178 g/mol. The van der Waals surface area contributed by atoms with Crippen molar-refractivity contribution in [3.63, 3.8) is 0 Å². The highest BCUT2D eigenvalue weighted by Gasteiger charge is 2.38. The zero-order valence-electron chi connectivity index (χ0n) is 8.78. The second-order valence-corrected chi connectivity index (χ2v) is 4.84. The third-order valence-electron chi connectivity index (χ3n) is 3.42. The third kappa shape index (κ3) is 2.27. The van der Waals surface area contributed by atoms with Gasteiger partial charge in [0.15, 0.2) is 0 Å². The molecule has 0 aromatic carbocycles. The lowest BCUT2D eigenvalue weighted by Crippen LogP contribution is -2.46. The summed E-state index contributed by atoms with van der Waals surface area (Å²) >= 11 is 0. The molecule has 1 N–H and O–H groups in total. The molecule has 3 nitrogen and oxygen atoms in total. The molecular formula is C11H19NO2. The van der Waals surface area contributed by atoms with Gasteiger partial charge in [-0.15, -0.1) is 0 Å². The molecule has 0 radical (unpaired) electrons. The van der Waals surface area contributed by atoms with Gasteiger partial charge in [-0.1, -0.05) is 6.92 Å². The SMILES string of the molecule is CC1CC(N(CCC(=O)O)C2CC2)C1. The van der Waals surface area contributed by atoms with Gasteiger partial charge in [-0.2, -0.15) is 0 Å². The van der Waals surface area contributed by atoms with Crippen molar-refractivity contribution in [1.82, 2.24) is 4.90 Å². The van der Waals surface area contributed by atoms with Crippen molar-refractivity contribution in [2.24, 2.45) is 5.92 Å². The summed E-state index contributed by atoms with van der Waals surface area (Å²) < 4.78 is 0. The Hall–Kier alpha value is -0.570. The van der Waals surface area contributed by atoms with Crippen LogP contribution < -0.4 is 0 Å². The summed E-state index contributed by atoms with van der Waals surface area (Å²) in [6.07, 6.45) is 5.42. The number of carbonyl (C=O) groups is 1. The summed E-state index contributed by atoms with van der Waals surface area (Å²) in [6, 6.07) is 1.41. The molecule has 80 valence electrons. The van der Waals surface area contributed by atoms with Crippen LogP contribution in [0.5, 0.6) is 0 Å². The van der Waals surface area contributed by atoms with Crippen molar-refractivity contribution in [2.75, 3.05) is 6.54 Å². The first kappa shape index (κ1) is 9.97. The Bertz CT molecular complexity index is 219. The van der Waals surface area contributed by atoms with Crippen LogP contribution in [0.4, 0.5) is 0 Å². The lowest BCUT2D eigenvalue weighted by molar-refractivity contribution is -0.137. The maximum atomic E-state index is 10.5. The first-order chi connectivity index (χ1) is 6.66. The van der Waals surface area contributed by atoms with Crippen LogP contribution in [-0.4, -0.2) is 34.6 Å². The number of carboxylic acid groups (broad SMARTS) is 1. The molecule has 2 aliphatic rings. The molecule has 0 atom stereocenters. The van der Waals surface area contributed by atoms with Gasteiger partial charge in [-0.3, -0.25) is 9.69 Å². The zero-order valence-corrected chi connectivity index (χ0v) is 8.78.